The van der Waals surface area contributed by atoms with Crippen molar-refractivity contribution in [3.8, 4) is 5.69 Å². The third-order valence-electron chi connectivity index (χ3n) is 2.36. The zero-order valence-electron chi connectivity index (χ0n) is 9.31. The van der Waals surface area contributed by atoms with Crippen molar-refractivity contribution in [3.63, 3.8) is 0 Å². The van der Waals surface area contributed by atoms with E-state index in [9.17, 15) is 4.79 Å². The maximum absolute atomic E-state index is 11.0. The minimum Gasteiger partial charge on any atom is -0.478 e. The van der Waals surface area contributed by atoms with Crippen LogP contribution in [-0.2, 0) is 0 Å². The first-order valence-corrected chi connectivity index (χ1v) is 5.29. The summed E-state index contributed by atoms with van der Waals surface area (Å²) in [6.45, 7) is 3.47. The number of rotatable bonds is 2. The molecule has 0 fully saturated rings. The molecule has 2 rings (SSSR count). The molecular formula is C11H10ClN3O2. The summed E-state index contributed by atoms with van der Waals surface area (Å²) in [6.07, 6.45) is 1.56. The molecule has 0 aliphatic carbocycles. The number of aromatic nitrogens is 3. The molecule has 0 radical (unpaired) electrons. The van der Waals surface area contributed by atoms with Crippen molar-refractivity contribution >= 4 is 17.6 Å². The van der Waals surface area contributed by atoms with Gasteiger partial charge in [0.25, 0.3) is 0 Å². The van der Waals surface area contributed by atoms with E-state index in [1.165, 1.54) is 0 Å². The maximum Gasteiger partial charge on any atom is 0.337 e. The smallest absolute Gasteiger partial charge is 0.337 e. The van der Waals surface area contributed by atoms with Gasteiger partial charge in [0, 0.05) is 0 Å². The van der Waals surface area contributed by atoms with Gasteiger partial charge in [-0.3, -0.25) is 0 Å². The fraction of sp³-hybridized carbons (Fsp3) is 0.182. The summed E-state index contributed by atoms with van der Waals surface area (Å²) < 4.78 is 1.56. The van der Waals surface area contributed by atoms with Crippen LogP contribution < -0.4 is 0 Å². The van der Waals surface area contributed by atoms with Gasteiger partial charge in [-0.25, -0.2) is 14.5 Å². The first-order chi connectivity index (χ1) is 7.99. The molecule has 1 aromatic carbocycles. The van der Waals surface area contributed by atoms with Crippen LogP contribution in [0.3, 0.4) is 0 Å². The van der Waals surface area contributed by atoms with Crippen molar-refractivity contribution in [1.29, 1.82) is 0 Å². The standard InChI is InChI=1S/C11H10ClN3O2/c1-6-3-8(15-5-13-7(2)14-15)4-9(12)10(6)11(16)17/h3-5H,1-2H3,(H,16,17). The van der Waals surface area contributed by atoms with E-state index in [-0.39, 0.29) is 10.6 Å². The van der Waals surface area contributed by atoms with Gasteiger partial charge >= 0.3 is 5.97 Å². The monoisotopic (exact) mass is 251 g/mol. The zero-order valence-corrected chi connectivity index (χ0v) is 10.1. The van der Waals surface area contributed by atoms with E-state index >= 15 is 0 Å². The van der Waals surface area contributed by atoms with Crippen molar-refractivity contribution in [1.82, 2.24) is 14.8 Å². The van der Waals surface area contributed by atoms with Crippen molar-refractivity contribution in [2.45, 2.75) is 13.8 Å². The van der Waals surface area contributed by atoms with Gasteiger partial charge in [-0.05, 0) is 31.5 Å². The number of nitrogens with zero attached hydrogens (tertiary/aromatic N) is 3. The van der Waals surface area contributed by atoms with Crippen LogP contribution in [0.2, 0.25) is 5.02 Å². The predicted molar refractivity (Wildman–Crippen MR) is 62.8 cm³/mol. The lowest BCUT2D eigenvalue weighted by molar-refractivity contribution is 0.0696. The number of halogens is 1. The highest BCUT2D eigenvalue weighted by Crippen LogP contribution is 2.23. The van der Waals surface area contributed by atoms with Gasteiger partial charge in [0.15, 0.2) is 0 Å². The zero-order chi connectivity index (χ0) is 12.6. The molecule has 1 heterocycles. The van der Waals surface area contributed by atoms with Gasteiger partial charge in [-0.15, -0.1) is 0 Å². The van der Waals surface area contributed by atoms with Crippen LogP contribution in [-0.4, -0.2) is 25.8 Å². The summed E-state index contributed by atoms with van der Waals surface area (Å²) in [4.78, 5) is 15.0. The van der Waals surface area contributed by atoms with Crippen LogP contribution in [0.5, 0.6) is 0 Å². The second kappa shape index (κ2) is 4.18. The Balaban J connectivity index is 2.56. The van der Waals surface area contributed by atoms with Crippen molar-refractivity contribution < 1.29 is 9.90 Å². The molecule has 0 aliphatic rings. The molecule has 88 valence electrons. The first-order valence-electron chi connectivity index (χ1n) is 4.91. The van der Waals surface area contributed by atoms with E-state index in [0.29, 0.717) is 17.1 Å². The number of hydrogen-bond donors (Lipinski definition) is 1. The average molecular weight is 252 g/mol. The van der Waals surface area contributed by atoms with Gasteiger partial charge in [0.1, 0.15) is 12.2 Å². The van der Waals surface area contributed by atoms with Crippen LogP contribution >= 0.6 is 11.6 Å². The molecule has 0 amide bonds. The van der Waals surface area contributed by atoms with E-state index in [1.54, 1.807) is 37.0 Å². The summed E-state index contributed by atoms with van der Waals surface area (Å²) >= 11 is 5.94. The molecule has 5 nitrogen and oxygen atoms in total. The highest BCUT2D eigenvalue weighted by molar-refractivity contribution is 6.33. The lowest BCUT2D eigenvalue weighted by atomic mass is 10.1. The summed E-state index contributed by atoms with van der Waals surface area (Å²) in [5.74, 6) is -0.394. The lowest BCUT2D eigenvalue weighted by Gasteiger charge is -2.07. The van der Waals surface area contributed by atoms with Gasteiger partial charge in [-0.2, -0.15) is 5.10 Å². The van der Waals surface area contributed by atoms with Crippen LogP contribution in [0.15, 0.2) is 18.5 Å². The highest BCUT2D eigenvalue weighted by atomic mass is 35.5. The molecular weight excluding hydrogens is 242 g/mol. The molecule has 0 spiro atoms. The number of carboxylic acids is 1. The Labute approximate surface area is 103 Å². The molecule has 0 saturated carbocycles. The minimum absolute atomic E-state index is 0.118. The molecule has 1 N–H and O–H groups in total. The lowest BCUT2D eigenvalue weighted by Crippen LogP contribution is -2.04. The number of benzene rings is 1. The van der Waals surface area contributed by atoms with Crippen LogP contribution in [0.4, 0.5) is 0 Å². The Bertz CT molecular complexity index is 569. The van der Waals surface area contributed by atoms with Gasteiger partial charge in [0.05, 0.1) is 16.3 Å². The molecule has 0 unspecified atom stereocenters. The highest BCUT2D eigenvalue weighted by Gasteiger charge is 2.14. The Kier molecular flexibility index (Phi) is 2.85. The molecule has 1 aromatic heterocycles. The second-order valence-corrected chi connectivity index (χ2v) is 4.07. The third-order valence-corrected chi connectivity index (χ3v) is 2.66. The Morgan fingerprint density at radius 2 is 2.12 bits per heavy atom. The molecule has 0 aliphatic heterocycles. The maximum atomic E-state index is 11.0. The summed E-state index contributed by atoms with van der Waals surface area (Å²) in [7, 11) is 0. The number of carbonyl (C=O) groups is 1. The minimum atomic E-state index is -1.03. The fourth-order valence-electron chi connectivity index (χ4n) is 1.60. The first kappa shape index (κ1) is 11.6. The summed E-state index contributed by atoms with van der Waals surface area (Å²) in [6, 6.07) is 3.27. The normalized spacial score (nSPS) is 10.5. The molecule has 17 heavy (non-hydrogen) atoms. The summed E-state index contributed by atoms with van der Waals surface area (Å²) in [5, 5.41) is 13.3. The van der Waals surface area contributed by atoms with Crippen molar-refractivity contribution in [2.75, 3.05) is 0 Å². The predicted octanol–water partition coefficient (Wildman–Crippen LogP) is 2.24. The van der Waals surface area contributed by atoms with Gasteiger partial charge in [-0.1, -0.05) is 11.6 Å². The van der Waals surface area contributed by atoms with E-state index in [1.807, 2.05) is 0 Å². The van der Waals surface area contributed by atoms with Gasteiger partial charge < -0.3 is 5.11 Å². The average Bonchev–Trinajstić information content (AvgIpc) is 2.63. The molecule has 2 aromatic rings. The molecule has 0 saturated heterocycles. The molecule has 6 heteroatoms. The van der Waals surface area contributed by atoms with E-state index < -0.39 is 5.97 Å². The second-order valence-electron chi connectivity index (χ2n) is 3.66. The van der Waals surface area contributed by atoms with Crippen LogP contribution in [0.1, 0.15) is 21.7 Å². The molecule has 0 atom stereocenters. The van der Waals surface area contributed by atoms with Crippen molar-refractivity contribution in [3.05, 3.63) is 40.4 Å². The fourth-order valence-corrected chi connectivity index (χ4v) is 1.94. The van der Waals surface area contributed by atoms with Crippen molar-refractivity contribution in [2.24, 2.45) is 0 Å². The number of carboxylic acid groups (broad SMARTS) is 1. The van der Waals surface area contributed by atoms with Gasteiger partial charge in [0.2, 0.25) is 0 Å². The van der Waals surface area contributed by atoms with E-state index in [0.717, 1.165) is 0 Å². The Morgan fingerprint density at radius 1 is 1.41 bits per heavy atom. The van der Waals surface area contributed by atoms with Crippen LogP contribution in [0, 0.1) is 13.8 Å². The SMILES string of the molecule is Cc1ncn(-c2cc(C)c(C(=O)O)c(Cl)c2)n1. The third kappa shape index (κ3) is 2.14. The number of hydrogen-bond acceptors (Lipinski definition) is 3. The quantitative estimate of drug-likeness (QED) is 0.889. The van der Waals surface area contributed by atoms with E-state index in [4.69, 9.17) is 16.7 Å². The number of aromatic carboxylic acids is 1. The van der Waals surface area contributed by atoms with Crippen LogP contribution in [0.25, 0.3) is 5.69 Å². The topological polar surface area (TPSA) is 68.0 Å². The molecule has 0 bridgehead atoms. The number of aryl methyl sites for hydroxylation is 2. The van der Waals surface area contributed by atoms with E-state index in [2.05, 4.69) is 10.1 Å². The Morgan fingerprint density at radius 3 is 2.59 bits per heavy atom. The Hall–Kier alpha value is -1.88. The summed E-state index contributed by atoms with van der Waals surface area (Å²) in [5.41, 5.74) is 1.40. The largest absolute Gasteiger partial charge is 0.478 e.